The number of carboxylic acid groups (broad SMARTS) is 1. The van der Waals surface area contributed by atoms with Crippen molar-refractivity contribution in [3.63, 3.8) is 0 Å². The Labute approximate surface area is 128 Å². The summed E-state index contributed by atoms with van der Waals surface area (Å²) in [7, 11) is 0. The first-order valence-corrected chi connectivity index (χ1v) is 6.83. The molecule has 0 spiro atoms. The summed E-state index contributed by atoms with van der Waals surface area (Å²) in [5.41, 5.74) is 1.19. The van der Waals surface area contributed by atoms with Gasteiger partial charge < -0.3 is 10.4 Å². The Hall–Kier alpha value is -2.21. The number of benzene rings is 2. The monoisotopic (exact) mass is 351 g/mol. The van der Waals surface area contributed by atoms with Crippen molar-refractivity contribution in [2.24, 2.45) is 0 Å². The van der Waals surface area contributed by atoms with Gasteiger partial charge in [0.2, 0.25) is 0 Å². The molecule has 21 heavy (non-hydrogen) atoms. The van der Waals surface area contributed by atoms with Crippen LogP contribution < -0.4 is 5.32 Å². The zero-order valence-electron chi connectivity index (χ0n) is 10.8. The van der Waals surface area contributed by atoms with E-state index in [1.54, 1.807) is 24.3 Å². The summed E-state index contributed by atoms with van der Waals surface area (Å²) < 4.78 is 13.5. The number of anilines is 1. The van der Waals surface area contributed by atoms with Crippen molar-refractivity contribution in [2.45, 2.75) is 6.42 Å². The van der Waals surface area contributed by atoms with Crippen LogP contribution in [0.3, 0.4) is 0 Å². The zero-order chi connectivity index (χ0) is 15.4. The van der Waals surface area contributed by atoms with Crippen LogP contribution in [-0.2, 0) is 11.2 Å². The van der Waals surface area contributed by atoms with E-state index in [2.05, 4.69) is 21.2 Å². The van der Waals surface area contributed by atoms with Gasteiger partial charge in [0.25, 0.3) is 5.91 Å². The number of hydrogen-bond donors (Lipinski definition) is 2. The number of hydrogen-bond acceptors (Lipinski definition) is 2. The van der Waals surface area contributed by atoms with E-state index in [-0.39, 0.29) is 16.5 Å². The normalized spacial score (nSPS) is 10.2. The standard InChI is InChI=1S/C15H11BrFNO3/c16-14-11(5-2-6-12(14)17)15(21)18-10-4-1-3-9(7-10)8-13(19)20/h1-7H,8H2,(H,18,21)(H,19,20). The van der Waals surface area contributed by atoms with Crippen molar-refractivity contribution in [2.75, 3.05) is 5.32 Å². The van der Waals surface area contributed by atoms with Gasteiger partial charge in [0, 0.05) is 5.69 Å². The summed E-state index contributed by atoms with van der Waals surface area (Å²) in [4.78, 5) is 22.8. The summed E-state index contributed by atoms with van der Waals surface area (Å²) in [5, 5.41) is 11.4. The molecule has 0 aliphatic heterocycles. The molecule has 2 aromatic rings. The molecule has 0 atom stereocenters. The Morgan fingerprint density at radius 3 is 2.62 bits per heavy atom. The van der Waals surface area contributed by atoms with Gasteiger partial charge in [-0.2, -0.15) is 0 Å². The maximum Gasteiger partial charge on any atom is 0.307 e. The van der Waals surface area contributed by atoms with Gasteiger partial charge in [0.1, 0.15) is 5.82 Å². The third-order valence-corrected chi connectivity index (χ3v) is 3.54. The number of halogens is 2. The molecule has 0 saturated carbocycles. The Morgan fingerprint density at radius 2 is 1.90 bits per heavy atom. The lowest BCUT2D eigenvalue weighted by Gasteiger charge is -2.08. The van der Waals surface area contributed by atoms with Crippen molar-refractivity contribution in [1.82, 2.24) is 0 Å². The summed E-state index contributed by atoms with van der Waals surface area (Å²) in [6.45, 7) is 0. The first-order valence-electron chi connectivity index (χ1n) is 6.03. The average molecular weight is 352 g/mol. The maximum atomic E-state index is 13.4. The molecule has 2 N–H and O–H groups in total. The van der Waals surface area contributed by atoms with E-state index in [4.69, 9.17) is 5.11 Å². The lowest BCUT2D eigenvalue weighted by molar-refractivity contribution is -0.136. The van der Waals surface area contributed by atoms with E-state index in [1.165, 1.54) is 18.2 Å². The van der Waals surface area contributed by atoms with Crippen LogP contribution in [0.5, 0.6) is 0 Å². The van der Waals surface area contributed by atoms with Gasteiger partial charge in [-0.1, -0.05) is 18.2 Å². The molecular formula is C15H11BrFNO3. The molecule has 4 nitrogen and oxygen atoms in total. The minimum atomic E-state index is -0.952. The molecule has 0 aliphatic rings. The van der Waals surface area contributed by atoms with Gasteiger partial charge in [0.05, 0.1) is 16.5 Å². The number of aliphatic carboxylic acids is 1. The molecule has 2 aromatic carbocycles. The number of carbonyl (C=O) groups excluding carboxylic acids is 1. The average Bonchev–Trinajstić information content (AvgIpc) is 2.41. The minimum Gasteiger partial charge on any atom is -0.481 e. The summed E-state index contributed by atoms with van der Waals surface area (Å²) >= 11 is 3.03. The third kappa shape index (κ3) is 3.88. The largest absolute Gasteiger partial charge is 0.481 e. The van der Waals surface area contributed by atoms with Gasteiger partial charge in [-0.15, -0.1) is 0 Å². The first kappa shape index (κ1) is 15.2. The molecular weight excluding hydrogens is 341 g/mol. The molecule has 2 rings (SSSR count). The van der Waals surface area contributed by atoms with Gasteiger partial charge in [-0.05, 0) is 45.8 Å². The summed E-state index contributed by atoms with van der Waals surface area (Å²) in [6.07, 6.45) is -0.132. The van der Waals surface area contributed by atoms with Gasteiger partial charge in [-0.25, -0.2) is 4.39 Å². The molecule has 0 aromatic heterocycles. The van der Waals surface area contributed by atoms with Gasteiger partial charge >= 0.3 is 5.97 Å². The Balaban J connectivity index is 2.20. The molecule has 0 saturated heterocycles. The number of amides is 1. The molecule has 6 heteroatoms. The van der Waals surface area contributed by atoms with Crippen molar-refractivity contribution in [3.8, 4) is 0 Å². The molecule has 0 bridgehead atoms. The fraction of sp³-hybridized carbons (Fsp3) is 0.0667. The predicted octanol–water partition coefficient (Wildman–Crippen LogP) is 3.47. The highest BCUT2D eigenvalue weighted by Crippen LogP contribution is 2.22. The topological polar surface area (TPSA) is 66.4 Å². The molecule has 1 amide bonds. The van der Waals surface area contributed by atoms with Crippen LogP contribution in [0.25, 0.3) is 0 Å². The molecule has 108 valence electrons. The fourth-order valence-corrected chi connectivity index (χ4v) is 2.26. The van der Waals surface area contributed by atoms with Gasteiger partial charge in [-0.3, -0.25) is 9.59 Å². The highest BCUT2D eigenvalue weighted by atomic mass is 79.9. The molecule has 0 fully saturated rings. The van der Waals surface area contributed by atoms with Crippen molar-refractivity contribution >= 4 is 33.5 Å². The van der Waals surface area contributed by atoms with E-state index >= 15 is 0 Å². The predicted molar refractivity (Wildman–Crippen MR) is 79.8 cm³/mol. The lowest BCUT2D eigenvalue weighted by Crippen LogP contribution is -2.13. The molecule has 0 aliphatic carbocycles. The van der Waals surface area contributed by atoms with E-state index in [0.717, 1.165) is 0 Å². The van der Waals surface area contributed by atoms with Crippen LogP contribution in [0.15, 0.2) is 46.9 Å². The molecule has 0 heterocycles. The maximum absolute atomic E-state index is 13.4. The number of nitrogens with one attached hydrogen (secondary N) is 1. The van der Waals surface area contributed by atoms with Crippen LogP contribution in [-0.4, -0.2) is 17.0 Å². The highest BCUT2D eigenvalue weighted by Gasteiger charge is 2.13. The quantitative estimate of drug-likeness (QED) is 0.886. The number of carbonyl (C=O) groups is 2. The van der Waals surface area contributed by atoms with Crippen LogP contribution in [0.4, 0.5) is 10.1 Å². The van der Waals surface area contributed by atoms with E-state index in [1.807, 2.05) is 0 Å². The number of rotatable bonds is 4. The Morgan fingerprint density at radius 1 is 1.19 bits per heavy atom. The van der Waals surface area contributed by atoms with E-state index in [9.17, 15) is 14.0 Å². The summed E-state index contributed by atoms with van der Waals surface area (Å²) in [6, 6.07) is 10.7. The van der Waals surface area contributed by atoms with Crippen LogP contribution in [0, 0.1) is 5.82 Å². The second-order valence-corrected chi connectivity index (χ2v) is 5.12. The minimum absolute atomic E-state index is 0.0872. The smallest absolute Gasteiger partial charge is 0.307 e. The van der Waals surface area contributed by atoms with Crippen molar-refractivity contribution in [1.29, 1.82) is 0 Å². The zero-order valence-corrected chi connectivity index (χ0v) is 12.4. The SMILES string of the molecule is O=C(O)Cc1cccc(NC(=O)c2cccc(F)c2Br)c1. The lowest BCUT2D eigenvalue weighted by atomic mass is 10.1. The Kier molecular flexibility index (Phi) is 4.70. The van der Waals surface area contributed by atoms with E-state index in [0.29, 0.717) is 11.3 Å². The molecule has 0 radical (unpaired) electrons. The van der Waals surface area contributed by atoms with E-state index < -0.39 is 17.7 Å². The highest BCUT2D eigenvalue weighted by molar-refractivity contribution is 9.10. The van der Waals surface area contributed by atoms with Crippen LogP contribution in [0.1, 0.15) is 15.9 Å². The molecule has 0 unspecified atom stereocenters. The van der Waals surface area contributed by atoms with Crippen molar-refractivity contribution in [3.05, 3.63) is 63.9 Å². The second kappa shape index (κ2) is 6.49. The first-order chi connectivity index (χ1) is 9.97. The van der Waals surface area contributed by atoms with Crippen molar-refractivity contribution < 1.29 is 19.1 Å². The third-order valence-electron chi connectivity index (χ3n) is 2.74. The van der Waals surface area contributed by atoms with Crippen LogP contribution in [0.2, 0.25) is 0 Å². The number of carboxylic acids is 1. The Bertz CT molecular complexity index is 703. The van der Waals surface area contributed by atoms with Crippen LogP contribution >= 0.6 is 15.9 Å². The van der Waals surface area contributed by atoms with Gasteiger partial charge in [0.15, 0.2) is 0 Å². The summed E-state index contributed by atoms with van der Waals surface area (Å²) in [5.74, 6) is -1.96. The fourth-order valence-electron chi connectivity index (χ4n) is 1.81. The second-order valence-electron chi connectivity index (χ2n) is 4.33.